The molecule has 4 nitrogen and oxygen atoms in total. The minimum atomic E-state index is -0.00774. The Morgan fingerprint density at radius 3 is 2.90 bits per heavy atom. The first-order valence-electron chi connectivity index (χ1n) is 7.26. The first-order chi connectivity index (χ1) is 9.97. The molecule has 1 saturated heterocycles. The Kier molecular flexibility index (Phi) is 5.62. The average Bonchev–Trinajstić information content (AvgIpc) is 2.46. The van der Waals surface area contributed by atoms with E-state index in [0.29, 0.717) is 29.0 Å². The lowest BCUT2D eigenvalue weighted by Gasteiger charge is -2.35. The minimum absolute atomic E-state index is 0.00774. The van der Waals surface area contributed by atoms with Gasteiger partial charge in [-0.1, -0.05) is 11.6 Å². The van der Waals surface area contributed by atoms with E-state index in [-0.39, 0.29) is 11.9 Å². The predicted molar refractivity (Wildman–Crippen MR) is 83.4 cm³/mol. The zero-order valence-electron chi connectivity index (χ0n) is 12.8. The molecule has 5 heteroatoms. The van der Waals surface area contributed by atoms with Crippen LogP contribution in [0.25, 0.3) is 0 Å². The Hall–Kier alpha value is -1.10. The van der Waals surface area contributed by atoms with Crippen molar-refractivity contribution in [2.75, 3.05) is 26.3 Å². The highest BCUT2D eigenvalue weighted by atomic mass is 35.5. The van der Waals surface area contributed by atoms with Gasteiger partial charge in [-0.15, -0.1) is 0 Å². The van der Waals surface area contributed by atoms with Gasteiger partial charge in [0.05, 0.1) is 11.6 Å². The van der Waals surface area contributed by atoms with Crippen molar-refractivity contribution in [3.8, 4) is 5.75 Å². The van der Waals surface area contributed by atoms with Gasteiger partial charge in [-0.3, -0.25) is 9.69 Å². The molecule has 0 aliphatic carbocycles. The predicted octanol–water partition coefficient (Wildman–Crippen LogP) is 3.03. The monoisotopic (exact) mass is 311 g/mol. The summed E-state index contributed by atoms with van der Waals surface area (Å²) in [6, 6.07) is 5.62. The molecule has 1 atom stereocenters. The number of carbonyl (C=O) groups excluding carboxylic acids is 1. The molecule has 0 saturated carbocycles. The SMILES string of the molecule is CC(=O)c1ccc(OCC2CN(C(C)C)CCO2)c(Cl)c1. The molecular formula is C16H22ClNO3. The molecule has 0 bridgehead atoms. The fraction of sp³-hybridized carbons (Fsp3) is 0.562. The largest absolute Gasteiger partial charge is 0.489 e. The molecule has 2 rings (SSSR count). The van der Waals surface area contributed by atoms with Gasteiger partial charge in [0.1, 0.15) is 18.5 Å². The topological polar surface area (TPSA) is 38.8 Å². The first-order valence-corrected chi connectivity index (χ1v) is 7.64. The number of halogens is 1. The van der Waals surface area contributed by atoms with Crippen molar-refractivity contribution in [2.24, 2.45) is 0 Å². The number of ether oxygens (including phenoxy) is 2. The fourth-order valence-electron chi connectivity index (χ4n) is 2.33. The van der Waals surface area contributed by atoms with Gasteiger partial charge in [0.25, 0.3) is 0 Å². The molecule has 1 aliphatic heterocycles. The summed E-state index contributed by atoms with van der Waals surface area (Å²) in [5.74, 6) is 0.582. The molecule has 21 heavy (non-hydrogen) atoms. The standard InChI is InChI=1S/C16H22ClNO3/c1-11(2)18-6-7-20-14(9-18)10-21-16-5-4-13(12(3)19)8-15(16)17/h4-5,8,11,14H,6-7,9-10H2,1-3H3. The Morgan fingerprint density at radius 1 is 1.52 bits per heavy atom. The zero-order valence-corrected chi connectivity index (χ0v) is 13.5. The zero-order chi connectivity index (χ0) is 15.4. The van der Waals surface area contributed by atoms with Crippen LogP contribution in [0.2, 0.25) is 5.02 Å². The number of nitrogens with zero attached hydrogens (tertiary/aromatic N) is 1. The summed E-state index contributed by atoms with van der Waals surface area (Å²) in [7, 11) is 0. The van der Waals surface area contributed by atoms with Crippen LogP contribution in [0.3, 0.4) is 0 Å². The number of benzene rings is 1. The molecule has 1 aromatic rings. The van der Waals surface area contributed by atoms with Crippen molar-refractivity contribution in [2.45, 2.75) is 32.9 Å². The minimum Gasteiger partial charge on any atom is -0.489 e. The quantitative estimate of drug-likeness (QED) is 0.784. The number of Topliss-reactive ketones (excluding diaryl/α,β-unsaturated/α-hetero) is 1. The molecule has 1 fully saturated rings. The Bertz CT molecular complexity index is 504. The van der Waals surface area contributed by atoms with Crippen molar-refractivity contribution in [1.82, 2.24) is 4.90 Å². The van der Waals surface area contributed by atoms with Crippen LogP contribution in [0.5, 0.6) is 5.75 Å². The van der Waals surface area contributed by atoms with Gasteiger partial charge in [0, 0.05) is 24.7 Å². The summed E-state index contributed by atoms with van der Waals surface area (Å²) in [5.41, 5.74) is 0.590. The molecule has 116 valence electrons. The number of hydrogen-bond donors (Lipinski definition) is 0. The summed E-state index contributed by atoms with van der Waals surface area (Å²) in [5, 5.41) is 0.458. The van der Waals surface area contributed by atoms with E-state index < -0.39 is 0 Å². The maximum atomic E-state index is 11.3. The summed E-state index contributed by atoms with van der Waals surface area (Å²) >= 11 is 6.14. The Labute approximate surface area is 131 Å². The summed E-state index contributed by atoms with van der Waals surface area (Å²) in [4.78, 5) is 13.7. The van der Waals surface area contributed by atoms with Crippen LogP contribution in [-0.4, -0.2) is 49.1 Å². The third kappa shape index (κ3) is 4.43. The Morgan fingerprint density at radius 2 is 2.29 bits per heavy atom. The van der Waals surface area contributed by atoms with Gasteiger partial charge in [-0.25, -0.2) is 0 Å². The van der Waals surface area contributed by atoms with Crippen molar-refractivity contribution in [1.29, 1.82) is 0 Å². The molecule has 1 heterocycles. The fourth-order valence-corrected chi connectivity index (χ4v) is 2.57. The van der Waals surface area contributed by atoms with E-state index in [1.807, 2.05) is 0 Å². The highest BCUT2D eigenvalue weighted by Gasteiger charge is 2.23. The highest BCUT2D eigenvalue weighted by Crippen LogP contribution is 2.26. The highest BCUT2D eigenvalue weighted by molar-refractivity contribution is 6.32. The van der Waals surface area contributed by atoms with E-state index in [2.05, 4.69) is 18.7 Å². The van der Waals surface area contributed by atoms with Gasteiger partial charge < -0.3 is 9.47 Å². The van der Waals surface area contributed by atoms with Crippen LogP contribution in [-0.2, 0) is 4.74 Å². The van der Waals surface area contributed by atoms with Crippen molar-refractivity contribution < 1.29 is 14.3 Å². The maximum Gasteiger partial charge on any atom is 0.159 e. The molecule has 0 N–H and O–H groups in total. The molecular weight excluding hydrogens is 290 g/mol. The summed E-state index contributed by atoms with van der Waals surface area (Å²) in [6.45, 7) is 8.89. The van der Waals surface area contributed by atoms with Gasteiger partial charge >= 0.3 is 0 Å². The maximum absolute atomic E-state index is 11.3. The molecule has 1 aliphatic rings. The van der Waals surface area contributed by atoms with E-state index >= 15 is 0 Å². The number of ketones is 1. The van der Waals surface area contributed by atoms with E-state index in [4.69, 9.17) is 21.1 Å². The second-order valence-corrected chi connectivity index (χ2v) is 6.00. The number of rotatable bonds is 5. The summed E-state index contributed by atoms with van der Waals surface area (Å²) < 4.78 is 11.5. The normalized spacial score (nSPS) is 19.8. The molecule has 1 unspecified atom stereocenters. The van der Waals surface area contributed by atoms with Crippen LogP contribution in [0.15, 0.2) is 18.2 Å². The average molecular weight is 312 g/mol. The van der Waals surface area contributed by atoms with Crippen LogP contribution >= 0.6 is 11.6 Å². The summed E-state index contributed by atoms with van der Waals surface area (Å²) in [6.07, 6.45) is 0.0460. The van der Waals surface area contributed by atoms with Crippen LogP contribution < -0.4 is 4.74 Å². The van der Waals surface area contributed by atoms with Gasteiger partial charge in [-0.2, -0.15) is 0 Å². The smallest absolute Gasteiger partial charge is 0.159 e. The van der Waals surface area contributed by atoms with Gasteiger partial charge in [0.15, 0.2) is 5.78 Å². The van der Waals surface area contributed by atoms with Crippen molar-refractivity contribution >= 4 is 17.4 Å². The Balaban J connectivity index is 1.92. The van der Waals surface area contributed by atoms with Gasteiger partial charge in [-0.05, 0) is 39.0 Å². The van der Waals surface area contributed by atoms with Crippen LogP contribution in [0.1, 0.15) is 31.1 Å². The second-order valence-electron chi connectivity index (χ2n) is 5.59. The van der Waals surface area contributed by atoms with Gasteiger partial charge in [0.2, 0.25) is 0 Å². The van der Waals surface area contributed by atoms with Crippen molar-refractivity contribution in [3.63, 3.8) is 0 Å². The second kappa shape index (κ2) is 7.25. The third-order valence-corrected chi connectivity index (χ3v) is 3.96. The lowest BCUT2D eigenvalue weighted by Crippen LogP contribution is -2.47. The number of hydrogen-bond acceptors (Lipinski definition) is 4. The van der Waals surface area contributed by atoms with E-state index in [0.717, 1.165) is 19.7 Å². The molecule has 0 radical (unpaired) electrons. The molecule has 0 aromatic heterocycles. The van der Waals surface area contributed by atoms with Crippen LogP contribution in [0.4, 0.5) is 0 Å². The first kappa shape index (κ1) is 16.3. The molecule has 1 aromatic carbocycles. The molecule has 0 spiro atoms. The third-order valence-electron chi connectivity index (χ3n) is 3.66. The molecule has 0 amide bonds. The number of morpholine rings is 1. The van der Waals surface area contributed by atoms with Crippen LogP contribution in [0, 0.1) is 0 Å². The number of carbonyl (C=O) groups is 1. The lowest BCUT2D eigenvalue weighted by molar-refractivity contribution is -0.0564. The lowest BCUT2D eigenvalue weighted by atomic mass is 10.1. The van der Waals surface area contributed by atoms with Crippen molar-refractivity contribution in [3.05, 3.63) is 28.8 Å². The van der Waals surface area contributed by atoms with E-state index in [1.54, 1.807) is 18.2 Å². The van der Waals surface area contributed by atoms with E-state index in [9.17, 15) is 4.79 Å². The van der Waals surface area contributed by atoms with E-state index in [1.165, 1.54) is 6.92 Å².